The minimum absolute atomic E-state index is 0.890. The van der Waals surface area contributed by atoms with E-state index < -0.39 is 0 Å². The predicted octanol–water partition coefficient (Wildman–Crippen LogP) is 3.74. The first kappa shape index (κ1) is 12.5. The van der Waals surface area contributed by atoms with Crippen LogP contribution in [0.2, 0.25) is 0 Å². The van der Waals surface area contributed by atoms with Gasteiger partial charge >= 0.3 is 0 Å². The van der Waals surface area contributed by atoms with Gasteiger partial charge in [0.15, 0.2) is 0 Å². The fraction of sp³-hybridized carbons (Fsp3) is 0.412. The minimum atomic E-state index is 0.890. The van der Waals surface area contributed by atoms with Crippen LogP contribution < -0.4 is 10.1 Å². The Morgan fingerprint density at radius 3 is 2.74 bits per heavy atom. The molecule has 1 fully saturated rings. The number of hydrogen-bond donors (Lipinski definition) is 1. The van der Waals surface area contributed by atoms with E-state index in [1.165, 1.54) is 35.6 Å². The van der Waals surface area contributed by atoms with Gasteiger partial charge in [-0.2, -0.15) is 0 Å². The van der Waals surface area contributed by atoms with Crippen LogP contribution in [0.15, 0.2) is 36.4 Å². The summed E-state index contributed by atoms with van der Waals surface area (Å²) >= 11 is 0. The van der Waals surface area contributed by atoms with Gasteiger partial charge in [-0.25, -0.2) is 0 Å². The summed E-state index contributed by atoms with van der Waals surface area (Å²) in [6.07, 6.45) is 4.18. The van der Waals surface area contributed by atoms with Crippen LogP contribution in [0.25, 0.3) is 10.8 Å². The molecule has 0 spiro atoms. The van der Waals surface area contributed by atoms with Crippen molar-refractivity contribution >= 4 is 10.8 Å². The number of rotatable bonds is 5. The second-order valence-corrected chi connectivity index (χ2v) is 5.40. The molecule has 0 saturated heterocycles. The maximum absolute atomic E-state index is 5.51. The first-order valence-corrected chi connectivity index (χ1v) is 7.14. The van der Waals surface area contributed by atoms with Crippen LogP contribution in [-0.4, -0.2) is 13.7 Å². The largest absolute Gasteiger partial charge is 0.496 e. The SMILES string of the molecule is COc1ccc2ccccc2c1CNCC1CCC1. The Morgan fingerprint density at radius 2 is 2.00 bits per heavy atom. The molecule has 1 aliphatic carbocycles. The van der Waals surface area contributed by atoms with Crippen LogP contribution in [-0.2, 0) is 6.54 Å². The molecule has 2 nitrogen and oxygen atoms in total. The van der Waals surface area contributed by atoms with Gasteiger partial charge in [0.1, 0.15) is 5.75 Å². The average molecular weight is 255 g/mol. The lowest BCUT2D eigenvalue weighted by Gasteiger charge is -2.25. The summed E-state index contributed by atoms with van der Waals surface area (Å²) in [6.45, 7) is 2.02. The third-order valence-electron chi connectivity index (χ3n) is 4.18. The third-order valence-corrected chi connectivity index (χ3v) is 4.18. The molecule has 0 radical (unpaired) electrons. The summed E-state index contributed by atoms with van der Waals surface area (Å²) in [5.41, 5.74) is 1.28. The zero-order valence-electron chi connectivity index (χ0n) is 11.5. The average Bonchev–Trinajstić information content (AvgIpc) is 2.41. The molecule has 0 bridgehead atoms. The van der Waals surface area contributed by atoms with Crippen molar-refractivity contribution in [2.24, 2.45) is 5.92 Å². The van der Waals surface area contributed by atoms with E-state index in [1.807, 2.05) is 0 Å². The molecular weight excluding hydrogens is 234 g/mol. The van der Waals surface area contributed by atoms with Gasteiger partial charge in [0.05, 0.1) is 7.11 Å². The molecule has 0 unspecified atom stereocenters. The van der Waals surface area contributed by atoms with Crippen LogP contribution >= 0.6 is 0 Å². The number of ether oxygens (including phenoxy) is 1. The van der Waals surface area contributed by atoms with Gasteiger partial charge in [-0.3, -0.25) is 0 Å². The molecule has 100 valence electrons. The number of methoxy groups -OCH3 is 1. The fourth-order valence-corrected chi connectivity index (χ4v) is 2.79. The van der Waals surface area contributed by atoms with Crippen molar-refractivity contribution < 1.29 is 4.74 Å². The summed E-state index contributed by atoms with van der Waals surface area (Å²) < 4.78 is 5.51. The molecule has 1 saturated carbocycles. The van der Waals surface area contributed by atoms with Gasteiger partial charge in [-0.15, -0.1) is 0 Å². The highest BCUT2D eigenvalue weighted by molar-refractivity contribution is 5.87. The van der Waals surface area contributed by atoms with E-state index in [-0.39, 0.29) is 0 Å². The second kappa shape index (κ2) is 5.62. The molecule has 3 rings (SSSR count). The molecule has 1 N–H and O–H groups in total. The lowest BCUT2D eigenvalue weighted by Crippen LogP contribution is -2.27. The number of hydrogen-bond acceptors (Lipinski definition) is 2. The van der Waals surface area contributed by atoms with Crippen LogP contribution in [0.3, 0.4) is 0 Å². The van der Waals surface area contributed by atoms with Gasteiger partial charge in [-0.05, 0) is 42.1 Å². The third kappa shape index (κ3) is 2.59. The molecular formula is C17H21NO. The van der Waals surface area contributed by atoms with E-state index >= 15 is 0 Å². The standard InChI is InChI=1S/C17H21NO/c1-19-17-10-9-14-7-2-3-8-15(14)16(17)12-18-11-13-5-4-6-13/h2-3,7-10,13,18H,4-6,11-12H2,1H3. The van der Waals surface area contributed by atoms with E-state index in [0.29, 0.717) is 0 Å². The molecule has 1 aliphatic rings. The van der Waals surface area contributed by atoms with Gasteiger partial charge < -0.3 is 10.1 Å². The maximum Gasteiger partial charge on any atom is 0.123 e. The highest BCUT2D eigenvalue weighted by Crippen LogP contribution is 2.29. The highest BCUT2D eigenvalue weighted by Gasteiger charge is 2.17. The topological polar surface area (TPSA) is 21.3 Å². The minimum Gasteiger partial charge on any atom is -0.496 e. The summed E-state index contributed by atoms with van der Waals surface area (Å²) in [5.74, 6) is 1.88. The van der Waals surface area contributed by atoms with Gasteiger partial charge in [0.2, 0.25) is 0 Å². The summed E-state index contributed by atoms with van der Waals surface area (Å²) in [6, 6.07) is 12.7. The summed E-state index contributed by atoms with van der Waals surface area (Å²) in [7, 11) is 1.75. The van der Waals surface area contributed by atoms with Crippen molar-refractivity contribution in [3.05, 3.63) is 42.0 Å². The van der Waals surface area contributed by atoms with Crippen LogP contribution in [0.4, 0.5) is 0 Å². The number of fused-ring (bicyclic) bond motifs is 1. The molecule has 0 amide bonds. The number of benzene rings is 2. The lowest BCUT2D eigenvalue weighted by atomic mass is 9.85. The Labute approximate surface area is 114 Å². The van der Waals surface area contributed by atoms with Crippen molar-refractivity contribution in [1.82, 2.24) is 5.32 Å². The molecule has 2 heteroatoms. The Kier molecular flexibility index (Phi) is 3.69. The van der Waals surface area contributed by atoms with Gasteiger partial charge in [-0.1, -0.05) is 36.8 Å². The molecule has 0 atom stereocenters. The monoisotopic (exact) mass is 255 g/mol. The highest BCUT2D eigenvalue weighted by atomic mass is 16.5. The molecule has 0 heterocycles. The zero-order valence-corrected chi connectivity index (χ0v) is 11.5. The van der Waals surface area contributed by atoms with E-state index in [0.717, 1.165) is 24.8 Å². The van der Waals surface area contributed by atoms with Gasteiger partial charge in [0.25, 0.3) is 0 Å². The van der Waals surface area contributed by atoms with E-state index in [2.05, 4.69) is 41.7 Å². The summed E-state index contributed by atoms with van der Waals surface area (Å²) in [4.78, 5) is 0. The van der Waals surface area contributed by atoms with Crippen molar-refractivity contribution in [1.29, 1.82) is 0 Å². The van der Waals surface area contributed by atoms with Crippen LogP contribution in [0, 0.1) is 5.92 Å². The Balaban J connectivity index is 1.81. The molecule has 2 aromatic rings. The van der Waals surface area contributed by atoms with Crippen molar-refractivity contribution in [2.75, 3.05) is 13.7 Å². The predicted molar refractivity (Wildman–Crippen MR) is 79.5 cm³/mol. The van der Waals surface area contributed by atoms with E-state index in [9.17, 15) is 0 Å². The molecule has 19 heavy (non-hydrogen) atoms. The van der Waals surface area contributed by atoms with Crippen molar-refractivity contribution in [3.63, 3.8) is 0 Å². The quantitative estimate of drug-likeness (QED) is 0.878. The molecule has 2 aromatic carbocycles. The first-order valence-electron chi connectivity index (χ1n) is 7.14. The van der Waals surface area contributed by atoms with E-state index in [4.69, 9.17) is 4.74 Å². The Morgan fingerprint density at radius 1 is 1.16 bits per heavy atom. The Bertz CT molecular complexity index is 560. The first-order chi connectivity index (χ1) is 9.38. The fourth-order valence-electron chi connectivity index (χ4n) is 2.79. The smallest absolute Gasteiger partial charge is 0.123 e. The molecule has 0 aliphatic heterocycles. The van der Waals surface area contributed by atoms with Crippen molar-refractivity contribution in [2.45, 2.75) is 25.8 Å². The second-order valence-electron chi connectivity index (χ2n) is 5.40. The number of nitrogens with one attached hydrogen (secondary N) is 1. The zero-order chi connectivity index (χ0) is 13.1. The lowest BCUT2D eigenvalue weighted by molar-refractivity contribution is 0.300. The summed E-state index contributed by atoms with van der Waals surface area (Å²) in [5, 5.41) is 6.17. The van der Waals surface area contributed by atoms with Gasteiger partial charge in [0, 0.05) is 12.1 Å². The van der Waals surface area contributed by atoms with Crippen LogP contribution in [0.5, 0.6) is 5.75 Å². The Hall–Kier alpha value is -1.54. The van der Waals surface area contributed by atoms with Crippen LogP contribution in [0.1, 0.15) is 24.8 Å². The molecule has 0 aromatic heterocycles. The van der Waals surface area contributed by atoms with Crippen molar-refractivity contribution in [3.8, 4) is 5.75 Å². The maximum atomic E-state index is 5.51. The normalized spacial score (nSPS) is 15.4. The van der Waals surface area contributed by atoms with E-state index in [1.54, 1.807) is 7.11 Å².